The van der Waals surface area contributed by atoms with E-state index in [1.807, 2.05) is 0 Å². The lowest BCUT2D eigenvalue weighted by Gasteiger charge is -2.00. The summed E-state index contributed by atoms with van der Waals surface area (Å²) in [4.78, 5) is 3.93. The van der Waals surface area contributed by atoms with Gasteiger partial charge in [-0.25, -0.2) is 8.42 Å². The van der Waals surface area contributed by atoms with Crippen LogP contribution in [0.4, 0.5) is 0 Å². The van der Waals surface area contributed by atoms with Crippen molar-refractivity contribution in [2.24, 2.45) is 0 Å². The fourth-order valence-corrected chi connectivity index (χ4v) is 3.29. The highest BCUT2D eigenvalue weighted by Gasteiger charge is 2.08. The van der Waals surface area contributed by atoms with Gasteiger partial charge in [0.1, 0.15) is 5.03 Å². The van der Waals surface area contributed by atoms with Crippen molar-refractivity contribution < 1.29 is 8.42 Å². The number of hydrogen-bond donors (Lipinski definition) is 0. The lowest BCUT2D eigenvalue weighted by atomic mass is 10.7. The molecule has 0 aromatic carbocycles. The van der Waals surface area contributed by atoms with Gasteiger partial charge >= 0.3 is 0 Å². The summed E-state index contributed by atoms with van der Waals surface area (Å²) in [6, 6.07) is 0. The van der Waals surface area contributed by atoms with Crippen LogP contribution in [-0.4, -0.2) is 44.9 Å². The van der Waals surface area contributed by atoms with Crippen LogP contribution in [0.5, 0.6) is 0 Å². The minimum absolute atomic E-state index is 0.113. The molecule has 0 saturated carbocycles. The monoisotopic (exact) mass is 279 g/mol. The highest BCUT2D eigenvalue weighted by atomic mass is 35.7. The Morgan fingerprint density at radius 3 is 3.00 bits per heavy atom. The average Bonchev–Trinajstić information content (AvgIpc) is 2.64. The van der Waals surface area contributed by atoms with Crippen LogP contribution in [0.2, 0.25) is 0 Å². The Hall–Kier alpha value is -0.930. The Balaban J connectivity index is 2.12. The molecule has 0 unspecified atom stereocenters. The number of fused-ring (bicyclic) bond motifs is 1. The van der Waals surface area contributed by atoms with Crippen molar-refractivity contribution in [2.45, 2.75) is 5.03 Å². The number of tetrazole rings is 1. The molecule has 0 aliphatic rings. The number of rotatable bonds is 4. The fourth-order valence-electron chi connectivity index (χ4n) is 0.998. The molecular weight excluding hydrogens is 274 g/mol. The van der Waals surface area contributed by atoms with E-state index in [0.29, 0.717) is 16.4 Å². The van der Waals surface area contributed by atoms with E-state index in [1.165, 1.54) is 22.5 Å². The summed E-state index contributed by atoms with van der Waals surface area (Å²) in [6.45, 7) is 0. The van der Waals surface area contributed by atoms with Crippen LogP contribution >= 0.6 is 22.4 Å². The third kappa shape index (κ3) is 2.80. The Bertz CT molecular complexity index is 598. The summed E-state index contributed by atoms with van der Waals surface area (Å²) in [5, 5.41) is 11.6. The third-order valence-corrected chi connectivity index (χ3v) is 4.05. The molecule has 0 amide bonds. The Kier molecular flexibility index (Phi) is 3.26. The van der Waals surface area contributed by atoms with Crippen molar-refractivity contribution in [1.29, 1.82) is 0 Å². The first-order valence-electron chi connectivity index (χ1n) is 4.13. The maximum absolute atomic E-state index is 10.7. The standard InChI is InChI=1S/C6H6ClN5O2S2/c7-16(13,14)2-1-15-6-4-8-3-5-9-10-11-12(5)6/h3-4H,1-2H2. The summed E-state index contributed by atoms with van der Waals surface area (Å²) in [7, 11) is 1.63. The van der Waals surface area contributed by atoms with Gasteiger partial charge in [0.2, 0.25) is 9.05 Å². The first kappa shape index (κ1) is 11.6. The summed E-state index contributed by atoms with van der Waals surface area (Å²) in [5.41, 5.74) is 0.513. The topological polar surface area (TPSA) is 90.1 Å². The average molecular weight is 280 g/mol. The quantitative estimate of drug-likeness (QED) is 0.582. The first-order chi connectivity index (χ1) is 7.56. The number of thioether (sulfide) groups is 1. The molecule has 16 heavy (non-hydrogen) atoms. The van der Waals surface area contributed by atoms with Crippen LogP contribution in [0, 0.1) is 0 Å². The van der Waals surface area contributed by atoms with E-state index in [0.717, 1.165) is 0 Å². The van der Waals surface area contributed by atoms with Crippen molar-refractivity contribution >= 4 is 37.1 Å². The smallest absolute Gasteiger partial charge is 0.233 e. The molecule has 0 radical (unpaired) electrons. The number of nitrogens with zero attached hydrogens (tertiary/aromatic N) is 5. The molecule has 2 rings (SSSR count). The minimum Gasteiger partial charge on any atom is -0.258 e. The van der Waals surface area contributed by atoms with Crippen molar-refractivity contribution in [2.75, 3.05) is 11.5 Å². The normalized spacial score (nSPS) is 12.1. The molecule has 86 valence electrons. The van der Waals surface area contributed by atoms with Crippen molar-refractivity contribution in [1.82, 2.24) is 25.0 Å². The molecule has 0 fully saturated rings. The Morgan fingerprint density at radius 2 is 2.25 bits per heavy atom. The molecular formula is C6H6ClN5O2S2. The SMILES string of the molecule is O=S(=O)(Cl)CCSc1cncc2nnnn12. The molecule has 7 nitrogen and oxygen atoms in total. The zero-order valence-electron chi connectivity index (χ0n) is 7.82. The van der Waals surface area contributed by atoms with Crippen LogP contribution in [0.25, 0.3) is 5.65 Å². The van der Waals surface area contributed by atoms with Crippen molar-refractivity contribution in [3.05, 3.63) is 12.4 Å². The highest BCUT2D eigenvalue weighted by molar-refractivity contribution is 8.14. The van der Waals surface area contributed by atoms with Crippen LogP contribution in [-0.2, 0) is 9.05 Å². The molecule has 0 atom stereocenters. The van der Waals surface area contributed by atoms with Gasteiger partial charge in [0.15, 0.2) is 5.65 Å². The van der Waals surface area contributed by atoms with Gasteiger partial charge in [0, 0.05) is 16.4 Å². The maximum Gasteiger partial charge on any atom is 0.233 e. The zero-order valence-corrected chi connectivity index (χ0v) is 10.2. The van der Waals surface area contributed by atoms with Crippen LogP contribution in [0.15, 0.2) is 17.4 Å². The van der Waals surface area contributed by atoms with Crippen molar-refractivity contribution in [3.63, 3.8) is 0 Å². The molecule has 2 aromatic heterocycles. The van der Waals surface area contributed by atoms with E-state index in [1.54, 1.807) is 6.20 Å². The number of hydrogen-bond acceptors (Lipinski definition) is 7. The third-order valence-electron chi connectivity index (χ3n) is 1.65. The molecule has 0 aliphatic carbocycles. The second-order valence-electron chi connectivity index (χ2n) is 2.79. The zero-order chi connectivity index (χ0) is 11.6. The van der Waals surface area contributed by atoms with E-state index in [4.69, 9.17) is 10.7 Å². The van der Waals surface area contributed by atoms with Gasteiger partial charge in [-0.15, -0.1) is 16.9 Å². The van der Waals surface area contributed by atoms with Crippen molar-refractivity contribution in [3.8, 4) is 0 Å². The number of aromatic nitrogens is 5. The molecule has 0 spiro atoms. The largest absolute Gasteiger partial charge is 0.258 e. The molecule has 2 heterocycles. The van der Waals surface area contributed by atoms with Crippen LogP contribution < -0.4 is 0 Å². The van der Waals surface area contributed by atoms with E-state index in [-0.39, 0.29) is 5.75 Å². The lowest BCUT2D eigenvalue weighted by molar-refractivity contribution is 0.611. The minimum atomic E-state index is -3.46. The molecule has 0 bridgehead atoms. The van der Waals surface area contributed by atoms with E-state index in [2.05, 4.69) is 20.5 Å². The predicted molar refractivity (Wildman–Crippen MR) is 58.9 cm³/mol. The van der Waals surface area contributed by atoms with Crippen LogP contribution in [0.1, 0.15) is 0 Å². The first-order valence-corrected chi connectivity index (χ1v) is 7.60. The summed E-state index contributed by atoms with van der Waals surface area (Å²) < 4.78 is 22.9. The molecule has 0 saturated heterocycles. The second kappa shape index (κ2) is 4.52. The Morgan fingerprint density at radius 1 is 1.44 bits per heavy atom. The van der Waals surface area contributed by atoms with Gasteiger partial charge in [-0.3, -0.25) is 4.98 Å². The second-order valence-corrected chi connectivity index (χ2v) is 6.80. The van der Waals surface area contributed by atoms with Gasteiger partial charge in [0.25, 0.3) is 0 Å². The maximum atomic E-state index is 10.7. The summed E-state index contributed by atoms with van der Waals surface area (Å²) in [6.07, 6.45) is 3.08. The van der Waals surface area contributed by atoms with Gasteiger partial charge in [-0.1, -0.05) is 0 Å². The Labute approximate surface area is 99.6 Å². The molecule has 2 aromatic rings. The van der Waals surface area contributed by atoms with Gasteiger partial charge in [-0.2, -0.15) is 4.52 Å². The molecule has 0 N–H and O–H groups in total. The summed E-state index contributed by atoms with van der Waals surface area (Å²) >= 11 is 1.28. The van der Waals surface area contributed by atoms with Gasteiger partial charge in [-0.05, 0) is 10.4 Å². The molecule has 0 aliphatic heterocycles. The molecule has 10 heteroatoms. The van der Waals surface area contributed by atoms with E-state index >= 15 is 0 Å². The summed E-state index contributed by atoms with van der Waals surface area (Å²) in [5.74, 6) is 0.213. The van der Waals surface area contributed by atoms with E-state index < -0.39 is 9.05 Å². The fraction of sp³-hybridized carbons (Fsp3) is 0.333. The lowest BCUT2D eigenvalue weighted by Crippen LogP contribution is -2.01. The van der Waals surface area contributed by atoms with Crippen LogP contribution in [0.3, 0.4) is 0 Å². The number of halogens is 1. The van der Waals surface area contributed by atoms with Gasteiger partial charge in [0.05, 0.1) is 18.1 Å². The van der Waals surface area contributed by atoms with E-state index in [9.17, 15) is 8.42 Å². The van der Waals surface area contributed by atoms with Gasteiger partial charge < -0.3 is 0 Å². The predicted octanol–water partition coefficient (Wildman–Crippen LogP) is 0.180. The highest BCUT2D eigenvalue weighted by Crippen LogP contribution is 2.17.